The van der Waals surface area contributed by atoms with E-state index in [0.717, 1.165) is 12.8 Å². The SMILES string of the molecule is CC.CC(=O)CCCCNC(=O)C(C)C.[HH]. The zero-order valence-corrected chi connectivity index (χ0v) is 10.7. The molecule has 1 N–H and O–H groups in total. The van der Waals surface area contributed by atoms with Gasteiger partial charge in [-0.05, 0) is 19.8 Å². The van der Waals surface area contributed by atoms with Crippen LogP contribution in [0.25, 0.3) is 0 Å². The minimum absolute atomic E-state index is 0. The van der Waals surface area contributed by atoms with E-state index in [4.69, 9.17) is 0 Å². The molecular weight excluding hydrogens is 190 g/mol. The summed E-state index contributed by atoms with van der Waals surface area (Å²) in [6, 6.07) is 0. The van der Waals surface area contributed by atoms with Crippen molar-refractivity contribution >= 4 is 11.7 Å². The van der Waals surface area contributed by atoms with Crippen molar-refractivity contribution in [2.45, 2.75) is 53.9 Å². The van der Waals surface area contributed by atoms with Crippen LogP contribution in [0.15, 0.2) is 0 Å². The molecule has 0 rings (SSSR count). The number of rotatable bonds is 6. The van der Waals surface area contributed by atoms with E-state index in [0.29, 0.717) is 13.0 Å². The number of carbonyl (C=O) groups excluding carboxylic acids is 2. The molecule has 3 heteroatoms. The fourth-order valence-electron chi connectivity index (χ4n) is 0.915. The lowest BCUT2D eigenvalue weighted by Gasteiger charge is -2.06. The van der Waals surface area contributed by atoms with Crippen LogP contribution in [0, 0.1) is 5.92 Å². The van der Waals surface area contributed by atoms with Gasteiger partial charge in [-0.15, -0.1) is 0 Å². The first kappa shape index (κ1) is 16.6. The quantitative estimate of drug-likeness (QED) is 0.695. The van der Waals surface area contributed by atoms with Crippen molar-refractivity contribution in [2.75, 3.05) is 6.54 Å². The second-order valence-corrected chi connectivity index (χ2v) is 3.60. The Hall–Kier alpha value is -0.860. The van der Waals surface area contributed by atoms with Crippen LogP contribution in [0.3, 0.4) is 0 Å². The van der Waals surface area contributed by atoms with E-state index in [1.54, 1.807) is 6.92 Å². The summed E-state index contributed by atoms with van der Waals surface area (Å²) in [5.74, 6) is 0.353. The van der Waals surface area contributed by atoms with Crippen LogP contribution in [0.5, 0.6) is 0 Å². The topological polar surface area (TPSA) is 46.2 Å². The molecule has 0 unspecified atom stereocenters. The fourth-order valence-corrected chi connectivity index (χ4v) is 0.915. The fraction of sp³-hybridized carbons (Fsp3) is 0.833. The smallest absolute Gasteiger partial charge is 0.222 e. The molecular formula is C12H27NO2. The molecule has 0 atom stereocenters. The molecule has 0 heterocycles. The maximum absolute atomic E-state index is 11.1. The molecule has 0 aliphatic heterocycles. The van der Waals surface area contributed by atoms with Gasteiger partial charge in [0.1, 0.15) is 5.78 Å². The third-order valence-corrected chi connectivity index (χ3v) is 1.78. The Morgan fingerprint density at radius 2 is 1.73 bits per heavy atom. The van der Waals surface area contributed by atoms with Gasteiger partial charge in [-0.3, -0.25) is 4.79 Å². The lowest BCUT2D eigenvalue weighted by Crippen LogP contribution is -2.28. The predicted octanol–water partition coefficient (Wildman–Crippen LogP) is 2.79. The molecule has 3 nitrogen and oxygen atoms in total. The van der Waals surface area contributed by atoms with Crippen molar-refractivity contribution in [3.05, 3.63) is 0 Å². The Morgan fingerprint density at radius 3 is 2.13 bits per heavy atom. The van der Waals surface area contributed by atoms with Crippen molar-refractivity contribution in [3.8, 4) is 0 Å². The monoisotopic (exact) mass is 217 g/mol. The number of nitrogens with one attached hydrogen (secondary N) is 1. The predicted molar refractivity (Wildman–Crippen MR) is 65.8 cm³/mol. The van der Waals surface area contributed by atoms with Crippen LogP contribution in [-0.2, 0) is 9.59 Å². The maximum Gasteiger partial charge on any atom is 0.222 e. The molecule has 0 saturated heterocycles. The van der Waals surface area contributed by atoms with Crippen LogP contribution in [0.4, 0.5) is 0 Å². The summed E-state index contributed by atoms with van der Waals surface area (Å²) in [5, 5.41) is 2.81. The number of hydrogen-bond acceptors (Lipinski definition) is 2. The summed E-state index contributed by atoms with van der Waals surface area (Å²) in [6.45, 7) is 10.0. The number of ketones is 1. The highest BCUT2D eigenvalue weighted by Gasteiger charge is 2.04. The summed E-state index contributed by atoms with van der Waals surface area (Å²) in [4.78, 5) is 21.6. The van der Waals surface area contributed by atoms with Crippen molar-refractivity contribution in [1.29, 1.82) is 0 Å². The Balaban J connectivity index is -0.000000529. The second kappa shape index (κ2) is 11.2. The van der Waals surface area contributed by atoms with Crippen molar-refractivity contribution < 1.29 is 11.0 Å². The van der Waals surface area contributed by atoms with E-state index in [9.17, 15) is 9.59 Å². The van der Waals surface area contributed by atoms with Crippen LogP contribution in [-0.4, -0.2) is 18.2 Å². The van der Waals surface area contributed by atoms with Gasteiger partial charge in [0, 0.05) is 20.3 Å². The molecule has 0 aromatic carbocycles. The van der Waals surface area contributed by atoms with Gasteiger partial charge in [0.05, 0.1) is 0 Å². The molecule has 0 radical (unpaired) electrons. The van der Waals surface area contributed by atoms with E-state index < -0.39 is 0 Å². The highest BCUT2D eigenvalue weighted by Crippen LogP contribution is 1.96. The van der Waals surface area contributed by atoms with Crippen LogP contribution in [0.2, 0.25) is 0 Å². The Labute approximate surface area is 95.1 Å². The average molecular weight is 217 g/mol. The number of unbranched alkanes of at least 4 members (excludes halogenated alkanes) is 1. The number of Topliss-reactive ketones (excluding diaryl/α,β-unsaturated/α-hetero) is 1. The first-order valence-corrected chi connectivity index (χ1v) is 5.81. The van der Waals surface area contributed by atoms with Gasteiger partial charge in [0.2, 0.25) is 5.91 Å². The number of amides is 1. The highest BCUT2D eigenvalue weighted by molar-refractivity contribution is 5.77. The van der Waals surface area contributed by atoms with Crippen LogP contribution in [0.1, 0.15) is 55.3 Å². The highest BCUT2D eigenvalue weighted by atomic mass is 16.1. The van der Waals surface area contributed by atoms with E-state index in [1.165, 1.54) is 0 Å². The number of carbonyl (C=O) groups is 2. The third kappa shape index (κ3) is 13.1. The molecule has 0 aliphatic carbocycles. The van der Waals surface area contributed by atoms with Crippen LogP contribution < -0.4 is 5.32 Å². The minimum atomic E-state index is 0. The second-order valence-electron chi connectivity index (χ2n) is 3.60. The van der Waals surface area contributed by atoms with Gasteiger partial charge >= 0.3 is 0 Å². The molecule has 1 amide bonds. The summed E-state index contributed by atoms with van der Waals surface area (Å²) in [7, 11) is 0. The van der Waals surface area contributed by atoms with Gasteiger partial charge in [-0.2, -0.15) is 0 Å². The first-order valence-electron chi connectivity index (χ1n) is 5.81. The van der Waals surface area contributed by atoms with Gasteiger partial charge in [-0.25, -0.2) is 0 Å². The van der Waals surface area contributed by atoms with Crippen LogP contribution >= 0.6 is 0 Å². The summed E-state index contributed by atoms with van der Waals surface area (Å²) in [5.41, 5.74) is 0. The van der Waals surface area contributed by atoms with E-state index in [2.05, 4.69) is 5.32 Å². The molecule has 0 aliphatic rings. The number of hydrogen-bond donors (Lipinski definition) is 1. The van der Waals surface area contributed by atoms with Gasteiger partial charge in [-0.1, -0.05) is 27.7 Å². The Bertz CT molecular complexity index is 182. The van der Waals surface area contributed by atoms with Crippen molar-refractivity contribution in [2.24, 2.45) is 5.92 Å². The van der Waals surface area contributed by atoms with E-state index in [-0.39, 0.29) is 19.0 Å². The average Bonchev–Trinajstić information content (AvgIpc) is 2.19. The van der Waals surface area contributed by atoms with Gasteiger partial charge < -0.3 is 10.1 Å². The van der Waals surface area contributed by atoms with E-state index in [1.807, 2.05) is 27.7 Å². The lowest BCUT2D eigenvalue weighted by atomic mass is 10.2. The largest absolute Gasteiger partial charge is 0.356 e. The summed E-state index contributed by atoms with van der Waals surface area (Å²) in [6.07, 6.45) is 2.38. The standard InChI is InChI=1S/C10H19NO2.C2H6.H2/c1-8(2)10(13)11-7-5-4-6-9(3)12;1-2;/h8H,4-7H2,1-3H3,(H,11,13);1-2H3;1H. The van der Waals surface area contributed by atoms with Gasteiger partial charge in [0.15, 0.2) is 0 Å². The maximum atomic E-state index is 11.1. The molecule has 0 aromatic rings. The molecule has 92 valence electrons. The van der Waals surface area contributed by atoms with Crippen molar-refractivity contribution in [3.63, 3.8) is 0 Å². The summed E-state index contributed by atoms with van der Waals surface area (Å²) >= 11 is 0. The van der Waals surface area contributed by atoms with E-state index >= 15 is 0 Å². The normalized spacial score (nSPS) is 9.20. The third-order valence-electron chi connectivity index (χ3n) is 1.78. The van der Waals surface area contributed by atoms with Gasteiger partial charge in [0.25, 0.3) is 0 Å². The van der Waals surface area contributed by atoms with Crippen molar-refractivity contribution in [1.82, 2.24) is 5.32 Å². The molecule has 0 fully saturated rings. The minimum Gasteiger partial charge on any atom is -0.356 e. The summed E-state index contributed by atoms with van der Waals surface area (Å²) < 4.78 is 0. The molecule has 0 spiro atoms. The molecule has 0 bridgehead atoms. The zero-order valence-electron chi connectivity index (χ0n) is 10.7. The zero-order chi connectivity index (χ0) is 12.3. The molecule has 15 heavy (non-hydrogen) atoms. The molecule has 0 saturated carbocycles. The molecule has 0 aromatic heterocycles. The first-order chi connectivity index (χ1) is 7.04. The Kier molecular flexibility index (Phi) is 12.4. The Morgan fingerprint density at radius 1 is 1.20 bits per heavy atom. The lowest BCUT2D eigenvalue weighted by molar-refractivity contribution is -0.123.